The van der Waals surface area contributed by atoms with Crippen molar-refractivity contribution in [2.45, 2.75) is 31.1 Å². The molecule has 4 rings (SSSR count). The van der Waals surface area contributed by atoms with Crippen LogP contribution < -0.4 is 20.1 Å². The van der Waals surface area contributed by atoms with Gasteiger partial charge in [-0.2, -0.15) is 13.2 Å². The largest absolute Gasteiger partial charge is 0.454 e. The molecule has 1 aliphatic heterocycles. The van der Waals surface area contributed by atoms with Crippen LogP contribution in [-0.2, 0) is 27.5 Å². The van der Waals surface area contributed by atoms with Crippen molar-refractivity contribution in [1.82, 2.24) is 25.3 Å². The summed E-state index contributed by atoms with van der Waals surface area (Å²) < 4.78 is 70.5. The van der Waals surface area contributed by atoms with Crippen LogP contribution in [0.3, 0.4) is 0 Å². The maximum Gasteiger partial charge on any atom is 0.451 e. The van der Waals surface area contributed by atoms with Crippen LogP contribution in [0.15, 0.2) is 36.7 Å². The van der Waals surface area contributed by atoms with Gasteiger partial charge in [-0.15, -0.1) is 0 Å². The molecular formula is C19H18F3N5O5S. The summed E-state index contributed by atoms with van der Waals surface area (Å²) in [6.45, 7) is -0.0810. The fourth-order valence-corrected chi connectivity index (χ4v) is 4.99. The monoisotopic (exact) mass is 485 g/mol. The number of carbonyl (C=O) groups excluding carboxylic acids is 2. The van der Waals surface area contributed by atoms with Crippen molar-refractivity contribution in [2.24, 2.45) is 5.92 Å². The first-order valence-electron chi connectivity index (χ1n) is 9.74. The quantitative estimate of drug-likeness (QED) is 0.484. The van der Waals surface area contributed by atoms with E-state index in [0.717, 1.165) is 12.4 Å². The maximum absolute atomic E-state index is 12.6. The van der Waals surface area contributed by atoms with Crippen LogP contribution in [0.25, 0.3) is 0 Å². The van der Waals surface area contributed by atoms with Gasteiger partial charge < -0.3 is 10.1 Å². The zero-order valence-corrected chi connectivity index (χ0v) is 17.7. The van der Waals surface area contributed by atoms with Crippen LogP contribution in [-0.4, -0.2) is 41.6 Å². The van der Waals surface area contributed by atoms with E-state index < -0.39 is 45.3 Å². The average molecular weight is 485 g/mol. The summed E-state index contributed by atoms with van der Waals surface area (Å²) in [6, 6.07) is 5.40. The molecule has 1 atom stereocenters. The lowest BCUT2D eigenvalue weighted by atomic mass is 9.96. The van der Waals surface area contributed by atoms with Gasteiger partial charge in [0.25, 0.3) is 5.91 Å². The Morgan fingerprint density at radius 2 is 1.73 bits per heavy atom. The van der Waals surface area contributed by atoms with Crippen LogP contribution in [0, 0.1) is 5.92 Å². The minimum atomic E-state index is -4.65. The molecule has 3 amide bonds. The molecule has 14 heteroatoms. The lowest BCUT2D eigenvalue weighted by molar-refractivity contribution is -0.145. The highest BCUT2D eigenvalue weighted by atomic mass is 32.2. The highest BCUT2D eigenvalue weighted by molar-refractivity contribution is 7.89. The van der Waals surface area contributed by atoms with Gasteiger partial charge in [-0.05, 0) is 36.5 Å². The molecule has 2 fully saturated rings. The number of nitrogens with zero attached hydrogens (tertiary/aromatic N) is 2. The minimum Gasteiger partial charge on any atom is -0.454 e. The predicted octanol–water partition coefficient (Wildman–Crippen LogP) is 1.70. The van der Waals surface area contributed by atoms with Gasteiger partial charge in [0.05, 0.1) is 18.1 Å². The number of benzene rings is 1. The summed E-state index contributed by atoms with van der Waals surface area (Å²) in [5.41, 5.74) is -0.903. The summed E-state index contributed by atoms with van der Waals surface area (Å²) in [4.78, 5) is 30.2. The van der Waals surface area contributed by atoms with E-state index in [4.69, 9.17) is 4.74 Å². The molecule has 1 saturated heterocycles. The molecule has 1 aliphatic carbocycles. The zero-order valence-electron chi connectivity index (χ0n) is 16.8. The Bertz CT molecular complexity index is 1170. The smallest absolute Gasteiger partial charge is 0.451 e. The van der Waals surface area contributed by atoms with Crippen molar-refractivity contribution in [3.05, 3.63) is 48.0 Å². The molecule has 0 radical (unpaired) electrons. The molecule has 1 aromatic heterocycles. The molecule has 0 bridgehead atoms. The number of halogens is 3. The van der Waals surface area contributed by atoms with Crippen molar-refractivity contribution < 1.29 is 35.9 Å². The first-order chi connectivity index (χ1) is 15.5. The molecule has 0 unspecified atom stereocenters. The van der Waals surface area contributed by atoms with E-state index in [1.807, 2.05) is 0 Å². The number of imide groups is 1. The van der Waals surface area contributed by atoms with Crippen molar-refractivity contribution >= 4 is 22.0 Å². The van der Waals surface area contributed by atoms with Gasteiger partial charge in [-0.3, -0.25) is 10.1 Å². The molecule has 10 nitrogen and oxygen atoms in total. The Morgan fingerprint density at radius 1 is 1.09 bits per heavy atom. The molecule has 176 valence electrons. The summed E-state index contributed by atoms with van der Waals surface area (Å²) in [5.74, 6) is -2.45. The Morgan fingerprint density at radius 3 is 2.24 bits per heavy atom. The predicted molar refractivity (Wildman–Crippen MR) is 106 cm³/mol. The fourth-order valence-electron chi connectivity index (χ4n) is 3.46. The van der Waals surface area contributed by atoms with E-state index in [0.29, 0.717) is 18.4 Å². The van der Waals surface area contributed by atoms with Crippen LogP contribution in [0.5, 0.6) is 11.5 Å². The average Bonchev–Trinajstić information content (AvgIpc) is 3.54. The summed E-state index contributed by atoms with van der Waals surface area (Å²) in [6.07, 6.45) is -1.57. The van der Waals surface area contributed by atoms with Gasteiger partial charge in [0.2, 0.25) is 15.8 Å². The third-order valence-corrected chi connectivity index (χ3v) is 6.62. The van der Waals surface area contributed by atoms with Crippen molar-refractivity contribution in [2.75, 3.05) is 5.75 Å². The van der Waals surface area contributed by atoms with E-state index >= 15 is 0 Å². The third kappa shape index (κ3) is 5.22. The Hall–Kier alpha value is -3.26. The number of ether oxygens (including phenoxy) is 1. The number of sulfonamides is 1. The molecule has 2 heterocycles. The molecule has 33 heavy (non-hydrogen) atoms. The lowest BCUT2D eigenvalue weighted by Gasteiger charge is -2.25. The van der Waals surface area contributed by atoms with E-state index in [9.17, 15) is 31.2 Å². The summed E-state index contributed by atoms with van der Waals surface area (Å²) in [7, 11) is -3.92. The van der Waals surface area contributed by atoms with Crippen LogP contribution in [0.4, 0.5) is 18.0 Å². The Kier molecular flexibility index (Phi) is 5.74. The second-order valence-electron chi connectivity index (χ2n) is 7.72. The number of amides is 3. The fraction of sp³-hybridized carbons (Fsp3) is 0.368. The van der Waals surface area contributed by atoms with Crippen molar-refractivity contribution in [3.8, 4) is 11.5 Å². The van der Waals surface area contributed by atoms with E-state index in [1.54, 1.807) is 12.1 Å². The molecule has 2 aromatic rings. The molecular weight excluding hydrogens is 467 g/mol. The SMILES string of the molecule is O=C1NC(=O)[C@](CS(=O)(=O)NCc2ccc(Oc3cnc(C(F)(F)F)nc3)cc2)(C2CC2)N1. The maximum atomic E-state index is 12.6. The van der Waals surface area contributed by atoms with E-state index in [1.165, 1.54) is 12.1 Å². The van der Waals surface area contributed by atoms with Gasteiger partial charge in [0.1, 0.15) is 11.3 Å². The second kappa shape index (κ2) is 8.26. The normalized spacial score (nSPS) is 20.9. The van der Waals surface area contributed by atoms with Gasteiger partial charge >= 0.3 is 12.2 Å². The number of carbonyl (C=O) groups is 2. The standard InChI is InChI=1S/C19H18F3N5O5S/c20-19(21,22)15-23-8-14(9-24-15)32-13-5-1-11(2-6-13)7-25-33(30,31)10-18(12-3-4-12)16(28)26-17(29)27-18/h1-2,5-6,8-9,12,25H,3-4,7,10H2,(H2,26,27,28,29)/t18-/m0/s1. The van der Waals surface area contributed by atoms with E-state index in [-0.39, 0.29) is 24.0 Å². The number of hydrogen-bond donors (Lipinski definition) is 3. The highest BCUT2D eigenvalue weighted by Gasteiger charge is 2.58. The summed E-state index contributed by atoms with van der Waals surface area (Å²) in [5, 5.41) is 4.57. The van der Waals surface area contributed by atoms with Crippen LogP contribution >= 0.6 is 0 Å². The number of rotatable bonds is 8. The van der Waals surface area contributed by atoms with Gasteiger partial charge in [0, 0.05) is 6.54 Å². The third-order valence-electron chi connectivity index (χ3n) is 5.20. The highest BCUT2D eigenvalue weighted by Crippen LogP contribution is 2.42. The van der Waals surface area contributed by atoms with Crippen LogP contribution in [0.2, 0.25) is 0 Å². The van der Waals surface area contributed by atoms with E-state index in [2.05, 4.69) is 25.3 Å². The van der Waals surface area contributed by atoms with Gasteiger partial charge in [0.15, 0.2) is 5.75 Å². The number of urea groups is 1. The number of hydrogen-bond acceptors (Lipinski definition) is 7. The lowest BCUT2D eigenvalue weighted by Crippen LogP contribution is -2.55. The van der Waals surface area contributed by atoms with Crippen LogP contribution in [0.1, 0.15) is 24.2 Å². The molecule has 1 saturated carbocycles. The molecule has 0 spiro atoms. The molecule has 2 aliphatic rings. The Balaban J connectivity index is 1.35. The zero-order chi connectivity index (χ0) is 23.9. The first kappa shape index (κ1) is 22.9. The first-order valence-corrected chi connectivity index (χ1v) is 11.4. The number of alkyl halides is 3. The van der Waals surface area contributed by atoms with Gasteiger partial charge in [-0.25, -0.2) is 27.9 Å². The number of aromatic nitrogens is 2. The Labute approximate surface area is 186 Å². The number of nitrogens with one attached hydrogen (secondary N) is 3. The molecule has 1 aromatic carbocycles. The van der Waals surface area contributed by atoms with Gasteiger partial charge in [-0.1, -0.05) is 12.1 Å². The summed E-state index contributed by atoms with van der Waals surface area (Å²) >= 11 is 0. The van der Waals surface area contributed by atoms with Crippen molar-refractivity contribution in [3.63, 3.8) is 0 Å². The second-order valence-corrected chi connectivity index (χ2v) is 9.53. The minimum absolute atomic E-state index is 0.00119. The van der Waals surface area contributed by atoms with Crippen molar-refractivity contribution in [1.29, 1.82) is 0 Å². The molecule has 3 N–H and O–H groups in total. The topological polar surface area (TPSA) is 139 Å².